The van der Waals surface area contributed by atoms with Crippen molar-refractivity contribution in [3.8, 4) is 0 Å². The van der Waals surface area contributed by atoms with Crippen LogP contribution in [0, 0.1) is 0 Å². The molecule has 0 radical (unpaired) electrons. The second kappa shape index (κ2) is 6.05. The van der Waals surface area contributed by atoms with Crippen molar-refractivity contribution < 1.29 is 33.0 Å². The maximum Gasteiger partial charge on any atom is 0.303 e. The fourth-order valence-electron chi connectivity index (χ4n) is 1.75. The van der Waals surface area contributed by atoms with Gasteiger partial charge in [0.05, 0.1) is 0 Å². The minimum atomic E-state index is -1.97. The summed E-state index contributed by atoms with van der Waals surface area (Å²) in [7, 11) is 0. The predicted molar refractivity (Wildman–Crippen MR) is 54.9 cm³/mol. The summed E-state index contributed by atoms with van der Waals surface area (Å²) >= 11 is 0. The molecule has 0 spiro atoms. The lowest BCUT2D eigenvalue weighted by molar-refractivity contribution is -0.241. The number of esters is 1. The standard InChI is InChI=1S/C10H15F2NO5/c1-4(14)13-8-9(17-5(2)15)7(12)6(3-11)18-10(8)16/h6-10,16H,3H2,1-2H3,(H,13,14)/t6-,7+,8-,9+,10+/m1/s1. The summed E-state index contributed by atoms with van der Waals surface area (Å²) in [5.74, 6) is -1.37. The van der Waals surface area contributed by atoms with Crippen molar-refractivity contribution >= 4 is 11.9 Å². The number of amides is 1. The number of carbonyl (C=O) groups excluding carboxylic acids is 2. The average Bonchev–Trinajstić information content (AvgIpc) is 2.27. The molecule has 18 heavy (non-hydrogen) atoms. The SMILES string of the molecule is CC(=O)N[C@@H]1[C@@H](OC(C)=O)[C@@H](F)[C@@H](CF)O[C@@H]1O. The Labute approximate surface area is 102 Å². The van der Waals surface area contributed by atoms with Gasteiger partial charge in [0, 0.05) is 13.8 Å². The Balaban J connectivity index is 2.89. The third-order valence-corrected chi connectivity index (χ3v) is 2.47. The van der Waals surface area contributed by atoms with Crippen LogP contribution in [-0.2, 0) is 19.1 Å². The lowest BCUT2D eigenvalue weighted by atomic mass is 9.98. The van der Waals surface area contributed by atoms with E-state index in [0.29, 0.717) is 0 Å². The van der Waals surface area contributed by atoms with Gasteiger partial charge < -0.3 is 19.9 Å². The van der Waals surface area contributed by atoms with E-state index in [9.17, 15) is 23.5 Å². The fraction of sp³-hybridized carbons (Fsp3) is 0.800. The molecule has 1 amide bonds. The first-order valence-electron chi connectivity index (χ1n) is 5.34. The molecule has 0 unspecified atom stereocenters. The van der Waals surface area contributed by atoms with E-state index in [1.54, 1.807) is 0 Å². The van der Waals surface area contributed by atoms with Gasteiger partial charge in [-0.05, 0) is 0 Å². The first-order valence-corrected chi connectivity index (χ1v) is 5.34. The highest BCUT2D eigenvalue weighted by molar-refractivity contribution is 5.73. The zero-order valence-corrected chi connectivity index (χ0v) is 9.93. The number of rotatable bonds is 3. The third-order valence-electron chi connectivity index (χ3n) is 2.47. The fourth-order valence-corrected chi connectivity index (χ4v) is 1.75. The number of hydrogen-bond donors (Lipinski definition) is 2. The van der Waals surface area contributed by atoms with Gasteiger partial charge in [0.1, 0.15) is 18.8 Å². The van der Waals surface area contributed by atoms with Crippen molar-refractivity contribution in [2.75, 3.05) is 6.67 Å². The molecule has 5 atom stereocenters. The summed E-state index contributed by atoms with van der Waals surface area (Å²) in [6.45, 7) is 1.01. The molecule has 1 aliphatic heterocycles. The van der Waals surface area contributed by atoms with Crippen molar-refractivity contribution in [2.24, 2.45) is 0 Å². The zero-order valence-electron chi connectivity index (χ0n) is 9.93. The summed E-state index contributed by atoms with van der Waals surface area (Å²) in [5.41, 5.74) is 0. The minimum absolute atomic E-state index is 0.564. The molecule has 2 N–H and O–H groups in total. The Morgan fingerprint density at radius 2 is 2.06 bits per heavy atom. The Kier molecular flexibility index (Phi) is 4.97. The first-order chi connectivity index (χ1) is 8.36. The highest BCUT2D eigenvalue weighted by Crippen LogP contribution is 2.25. The van der Waals surface area contributed by atoms with Gasteiger partial charge in [-0.3, -0.25) is 9.59 Å². The Morgan fingerprint density at radius 1 is 1.44 bits per heavy atom. The van der Waals surface area contributed by atoms with Crippen LogP contribution < -0.4 is 5.32 Å². The van der Waals surface area contributed by atoms with E-state index < -0.39 is 49.3 Å². The minimum Gasteiger partial charge on any atom is -0.457 e. The number of ether oxygens (including phenoxy) is 2. The van der Waals surface area contributed by atoms with E-state index >= 15 is 0 Å². The van der Waals surface area contributed by atoms with Crippen molar-refractivity contribution in [3.05, 3.63) is 0 Å². The molecule has 104 valence electrons. The van der Waals surface area contributed by atoms with Crippen LogP contribution in [-0.4, -0.2) is 54.4 Å². The molecule has 6 nitrogen and oxygen atoms in total. The van der Waals surface area contributed by atoms with E-state index in [0.717, 1.165) is 13.8 Å². The zero-order chi connectivity index (χ0) is 13.9. The number of alkyl halides is 2. The van der Waals surface area contributed by atoms with E-state index in [2.05, 4.69) is 14.8 Å². The van der Waals surface area contributed by atoms with Gasteiger partial charge in [0.25, 0.3) is 0 Å². The molecule has 1 fully saturated rings. The lowest BCUT2D eigenvalue weighted by Crippen LogP contribution is -2.63. The monoisotopic (exact) mass is 267 g/mol. The Morgan fingerprint density at radius 3 is 2.50 bits per heavy atom. The van der Waals surface area contributed by atoms with Gasteiger partial charge in [-0.2, -0.15) is 0 Å². The van der Waals surface area contributed by atoms with Crippen molar-refractivity contribution in [2.45, 2.75) is 44.6 Å². The van der Waals surface area contributed by atoms with Crippen LogP contribution in [0.1, 0.15) is 13.8 Å². The normalized spacial score (nSPS) is 35.9. The smallest absolute Gasteiger partial charge is 0.303 e. The summed E-state index contributed by atoms with van der Waals surface area (Å²) in [6.07, 6.45) is -6.64. The number of nitrogens with one attached hydrogen (secondary N) is 1. The number of hydrogen-bond acceptors (Lipinski definition) is 5. The van der Waals surface area contributed by atoms with Gasteiger partial charge in [0.15, 0.2) is 18.6 Å². The second-order valence-corrected chi connectivity index (χ2v) is 3.96. The highest BCUT2D eigenvalue weighted by atomic mass is 19.1. The van der Waals surface area contributed by atoms with Crippen molar-refractivity contribution in [1.29, 1.82) is 0 Å². The summed E-state index contributed by atoms with van der Waals surface area (Å²) in [6, 6.07) is -1.27. The molecule has 1 aliphatic rings. The van der Waals surface area contributed by atoms with Crippen molar-refractivity contribution in [3.63, 3.8) is 0 Å². The van der Waals surface area contributed by atoms with Crippen LogP contribution in [0.3, 0.4) is 0 Å². The Bertz CT molecular complexity index is 327. The van der Waals surface area contributed by atoms with Crippen LogP contribution >= 0.6 is 0 Å². The largest absolute Gasteiger partial charge is 0.457 e. The van der Waals surface area contributed by atoms with E-state index in [1.807, 2.05) is 0 Å². The molecule has 1 heterocycles. The van der Waals surface area contributed by atoms with Crippen LogP contribution in [0.25, 0.3) is 0 Å². The molecule has 0 saturated carbocycles. The van der Waals surface area contributed by atoms with E-state index in [4.69, 9.17) is 0 Å². The molecule has 0 aromatic heterocycles. The number of halogens is 2. The Hall–Kier alpha value is -1.28. The van der Waals surface area contributed by atoms with E-state index in [1.165, 1.54) is 0 Å². The summed E-state index contributed by atoms with van der Waals surface area (Å²) < 4.78 is 35.7. The van der Waals surface area contributed by atoms with E-state index in [-0.39, 0.29) is 0 Å². The third kappa shape index (κ3) is 3.36. The average molecular weight is 267 g/mol. The number of carbonyl (C=O) groups is 2. The van der Waals surface area contributed by atoms with Gasteiger partial charge in [-0.25, -0.2) is 8.78 Å². The quantitative estimate of drug-likeness (QED) is 0.670. The molecule has 8 heteroatoms. The van der Waals surface area contributed by atoms with Crippen molar-refractivity contribution in [1.82, 2.24) is 5.32 Å². The maximum absolute atomic E-state index is 13.8. The van der Waals surface area contributed by atoms with Crippen LogP contribution in [0.15, 0.2) is 0 Å². The maximum atomic E-state index is 13.8. The molecule has 0 aromatic carbocycles. The van der Waals surface area contributed by atoms with Crippen LogP contribution in [0.2, 0.25) is 0 Å². The molecular weight excluding hydrogens is 252 g/mol. The van der Waals surface area contributed by atoms with Gasteiger partial charge in [-0.15, -0.1) is 0 Å². The number of aliphatic hydroxyl groups is 1. The molecular formula is C10H15F2NO5. The predicted octanol–water partition coefficient (Wildman–Crippen LogP) is -0.552. The first kappa shape index (κ1) is 14.8. The van der Waals surface area contributed by atoms with Gasteiger partial charge in [-0.1, -0.05) is 0 Å². The van der Waals surface area contributed by atoms with Crippen LogP contribution in [0.5, 0.6) is 0 Å². The molecule has 0 bridgehead atoms. The molecule has 1 rings (SSSR count). The lowest BCUT2D eigenvalue weighted by Gasteiger charge is -2.40. The van der Waals surface area contributed by atoms with Gasteiger partial charge >= 0.3 is 5.97 Å². The summed E-state index contributed by atoms with van der Waals surface area (Å²) in [5, 5.41) is 11.8. The van der Waals surface area contributed by atoms with Gasteiger partial charge in [0.2, 0.25) is 5.91 Å². The summed E-state index contributed by atoms with van der Waals surface area (Å²) in [4.78, 5) is 21.8. The molecule has 0 aliphatic carbocycles. The molecule has 0 aromatic rings. The number of aliphatic hydroxyl groups excluding tert-OH is 1. The topological polar surface area (TPSA) is 84.9 Å². The van der Waals surface area contributed by atoms with Crippen LogP contribution in [0.4, 0.5) is 8.78 Å². The second-order valence-electron chi connectivity index (χ2n) is 3.96. The molecule has 1 saturated heterocycles. The highest BCUT2D eigenvalue weighted by Gasteiger charge is 2.48.